The van der Waals surface area contributed by atoms with Crippen molar-refractivity contribution in [3.8, 4) is 0 Å². The summed E-state index contributed by atoms with van der Waals surface area (Å²) in [6, 6.07) is 1.88. The van der Waals surface area contributed by atoms with Gasteiger partial charge in [-0.3, -0.25) is 4.68 Å². The van der Waals surface area contributed by atoms with Crippen LogP contribution >= 0.6 is 0 Å². The lowest BCUT2D eigenvalue weighted by Crippen LogP contribution is -2.31. The monoisotopic (exact) mass is 288 g/mol. The van der Waals surface area contributed by atoms with E-state index in [-0.39, 0.29) is 0 Å². The number of hydrogen-bond donors (Lipinski definition) is 2. The Labute approximate surface area is 123 Å². The van der Waals surface area contributed by atoms with Gasteiger partial charge in [-0.25, -0.2) is 0 Å². The Bertz CT molecular complexity index is 602. The highest BCUT2D eigenvalue weighted by atomic mass is 15.4. The van der Waals surface area contributed by atoms with Crippen molar-refractivity contribution >= 4 is 23.7 Å². The molecule has 1 aliphatic rings. The molecule has 0 spiro atoms. The number of nitrogens with zero attached hydrogens (tertiary/aromatic N) is 6. The van der Waals surface area contributed by atoms with Gasteiger partial charge in [0.2, 0.25) is 17.8 Å². The van der Waals surface area contributed by atoms with Crippen molar-refractivity contribution in [2.24, 2.45) is 7.05 Å². The van der Waals surface area contributed by atoms with Crippen molar-refractivity contribution in [1.82, 2.24) is 24.7 Å². The summed E-state index contributed by atoms with van der Waals surface area (Å²) in [7, 11) is 3.68. The molecule has 0 aromatic carbocycles. The lowest BCUT2D eigenvalue weighted by Gasteiger charge is -2.26. The fourth-order valence-electron chi connectivity index (χ4n) is 2.36. The molecule has 2 aromatic heterocycles. The molecule has 0 radical (unpaired) electrons. The van der Waals surface area contributed by atoms with Crippen LogP contribution in [0.2, 0.25) is 0 Å². The predicted octanol–water partition coefficient (Wildman–Crippen LogP) is 1.38. The third kappa shape index (κ3) is 3.21. The number of aryl methyl sites for hydroxylation is 1. The van der Waals surface area contributed by atoms with Crippen LogP contribution < -0.4 is 15.5 Å². The van der Waals surface area contributed by atoms with Crippen LogP contribution in [-0.4, -0.2) is 44.9 Å². The molecule has 0 bridgehead atoms. The summed E-state index contributed by atoms with van der Waals surface area (Å²) in [6.45, 7) is 1.99. The molecule has 112 valence electrons. The van der Waals surface area contributed by atoms with Crippen LogP contribution in [-0.2, 0) is 7.05 Å². The van der Waals surface area contributed by atoms with Crippen molar-refractivity contribution in [3.05, 3.63) is 12.3 Å². The Morgan fingerprint density at radius 2 is 1.81 bits per heavy atom. The predicted molar refractivity (Wildman–Crippen MR) is 81.9 cm³/mol. The summed E-state index contributed by atoms with van der Waals surface area (Å²) >= 11 is 0. The summed E-state index contributed by atoms with van der Waals surface area (Å²) < 4.78 is 1.73. The highest BCUT2D eigenvalue weighted by Crippen LogP contribution is 2.19. The molecule has 1 fully saturated rings. The minimum absolute atomic E-state index is 0.508. The molecule has 2 N–H and O–H groups in total. The lowest BCUT2D eigenvalue weighted by molar-refractivity contribution is 0.568. The maximum absolute atomic E-state index is 4.51. The first-order valence-corrected chi connectivity index (χ1v) is 7.20. The molecular formula is C13H20N8. The first-order chi connectivity index (χ1) is 10.2. The molecule has 3 heterocycles. The number of aromatic nitrogens is 5. The second kappa shape index (κ2) is 5.94. The van der Waals surface area contributed by atoms with E-state index in [0.717, 1.165) is 18.9 Å². The zero-order valence-electron chi connectivity index (χ0n) is 12.4. The van der Waals surface area contributed by atoms with E-state index in [1.54, 1.807) is 11.7 Å². The van der Waals surface area contributed by atoms with E-state index in [1.165, 1.54) is 19.3 Å². The second-order valence-electron chi connectivity index (χ2n) is 5.08. The summed E-state index contributed by atoms with van der Waals surface area (Å²) in [5.41, 5.74) is 0. The molecule has 0 saturated carbocycles. The summed E-state index contributed by atoms with van der Waals surface area (Å²) in [5.74, 6) is 2.50. The van der Waals surface area contributed by atoms with Crippen molar-refractivity contribution in [1.29, 1.82) is 0 Å². The van der Waals surface area contributed by atoms with Crippen LogP contribution in [0.5, 0.6) is 0 Å². The normalized spacial score (nSPS) is 15.0. The van der Waals surface area contributed by atoms with E-state index in [9.17, 15) is 0 Å². The minimum Gasteiger partial charge on any atom is -0.357 e. The van der Waals surface area contributed by atoms with Crippen LogP contribution in [0.4, 0.5) is 23.7 Å². The second-order valence-corrected chi connectivity index (χ2v) is 5.08. The van der Waals surface area contributed by atoms with Crippen molar-refractivity contribution < 1.29 is 0 Å². The highest BCUT2D eigenvalue weighted by Gasteiger charge is 2.16. The largest absolute Gasteiger partial charge is 0.357 e. The molecule has 0 atom stereocenters. The molecular weight excluding hydrogens is 268 g/mol. The fourth-order valence-corrected chi connectivity index (χ4v) is 2.36. The van der Waals surface area contributed by atoms with Crippen LogP contribution in [0.3, 0.4) is 0 Å². The van der Waals surface area contributed by atoms with Gasteiger partial charge in [0.05, 0.1) is 0 Å². The quantitative estimate of drug-likeness (QED) is 0.879. The molecule has 8 nitrogen and oxygen atoms in total. The van der Waals surface area contributed by atoms with Gasteiger partial charge in [0.15, 0.2) is 5.82 Å². The van der Waals surface area contributed by atoms with Crippen LogP contribution in [0.15, 0.2) is 12.3 Å². The number of nitrogens with one attached hydrogen (secondary N) is 2. The zero-order chi connectivity index (χ0) is 14.7. The van der Waals surface area contributed by atoms with Crippen molar-refractivity contribution in [2.45, 2.75) is 19.3 Å². The van der Waals surface area contributed by atoms with Gasteiger partial charge >= 0.3 is 0 Å². The Hall–Kier alpha value is -2.38. The van der Waals surface area contributed by atoms with E-state index in [0.29, 0.717) is 17.8 Å². The zero-order valence-corrected chi connectivity index (χ0v) is 12.4. The number of anilines is 4. The third-order valence-corrected chi connectivity index (χ3v) is 3.44. The first kappa shape index (κ1) is 13.6. The maximum Gasteiger partial charge on any atom is 0.235 e. The Morgan fingerprint density at radius 3 is 2.48 bits per heavy atom. The van der Waals surface area contributed by atoms with Gasteiger partial charge in [-0.15, -0.1) is 0 Å². The molecule has 0 aliphatic carbocycles. The van der Waals surface area contributed by atoms with E-state index in [1.807, 2.05) is 19.3 Å². The molecule has 1 aliphatic heterocycles. The molecule has 3 rings (SSSR count). The van der Waals surface area contributed by atoms with Gasteiger partial charge in [0, 0.05) is 39.4 Å². The SMILES string of the molecule is CNc1nc(Nc2ccn(C)n2)nc(N2CCCCC2)n1. The summed E-state index contributed by atoms with van der Waals surface area (Å²) in [6.07, 6.45) is 5.51. The topological polar surface area (TPSA) is 83.8 Å². The molecule has 2 aromatic rings. The standard InChI is InChI=1S/C13H20N8/c1-14-11-16-12(15-10-6-9-20(2)19-10)18-13(17-11)21-7-4-3-5-8-21/h6,9H,3-5,7-8H2,1-2H3,(H2,14,15,16,17,18,19). The third-order valence-electron chi connectivity index (χ3n) is 3.44. The van der Waals surface area contributed by atoms with Crippen molar-refractivity contribution in [2.75, 3.05) is 35.7 Å². The molecule has 0 amide bonds. The van der Waals surface area contributed by atoms with E-state index >= 15 is 0 Å². The van der Waals surface area contributed by atoms with Crippen LogP contribution in [0, 0.1) is 0 Å². The Balaban J connectivity index is 1.85. The molecule has 8 heteroatoms. The van der Waals surface area contributed by atoms with Gasteiger partial charge in [-0.05, 0) is 19.3 Å². The molecule has 1 saturated heterocycles. The number of hydrogen-bond acceptors (Lipinski definition) is 7. The van der Waals surface area contributed by atoms with E-state index < -0.39 is 0 Å². The van der Waals surface area contributed by atoms with Gasteiger partial charge in [0.1, 0.15) is 0 Å². The lowest BCUT2D eigenvalue weighted by atomic mass is 10.1. The first-order valence-electron chi connectivity index (χ1n) is 7.20. The summed E-state index contributed by atoms with van der Waals surface area (Å²) in [4.78, 5) is 15.5. The fraction of sp³-hybridized carbons (Fsp3) is 0.538. The average Bonchev–Trinajstić information content (AvgIpc) is 2.93. The van der Waals surface area contributed by atoms with Gasteiger partial charge in [-0.2, -0.15) is 20.1 Å². The number of piperidine rings is 1. The van der Waals surface area contributed by atoms with Gasteiger partial charge < -0.3 is 15.5 Å². The van der Waals surface area contributed by atoms with E-state index in [2.05, 4.69) is 35.6 Å². The molecule has 21 heavy (non-hydrogen) atoms. The summed E-state index contributed by atoms with van der Waals surface area (Å²) in [5, 5.41) is 10.4. The van der Waals surface area contributed by atoms with Gasteiger partial charge in [0.25, 0.3) is 0 Å². The van der Waals surface area contributed by atoms with E-state index in [4.69, 9.17) is 0 Å². The number of rotatable bonds is 4. The Kier molecular flexibility index (Phi) is 3.85. The van der Waals surface area contributed by atoms with Crippen LogP contribution in [0.25, 0.3) is 0 Å². The van der Waals surface area contributed by atoms with Gasteiger partial charge in [-0.1, -0.05) is 0 Å². The maximum atomic E-state index is 4.51. The molecule has 0 unspecified atom stereocenters. The highest BCUT2D eigenvalue weighted by molar-refractivity contribution is 5.51. The Morgan fingerprint density at radius 1 is 1.05 bits per heavy atom. The average molecular weight is 288 g/mol. The van der Waals surface area contributed by atoms with Crippen molar-refractivity contribution in [3.63, 3.8) is 0 Å². The van der Waals surface area contributed by atoms with Crippen LogP contribution in [0.1, 0.15) is 19.3 Å². The minimum atomic E-state index is 0.508. The smallest absolute Gasteiger partial charge is 0.235 e.